The van der Waals surface area contributed by atoms with Crippen molar-refractivity contribution in [1.82, 2.24) is 14.8 Å². The van der Waals surface area contributed by atoms with E-state index in [1.54, 1.807) is 46.4 Å². The summed E-state index contributed by atoms with van der Waals surface area (Å²) in [7, 11) is 0. The molecule has 10 heteroatoms. The predicted molar refractivity (Wildman–Crippen MR) is 152 cm³/mol. The van der Waals surface area contributed by atoms with Crippen molar-refractivity contribution in [2.45, 2.75) is 13.8 Å². The van der Waals surface area contributed by atoms with E-state index in [-0.39, 0.29) is 5.82 Å². The number of carbonyl (C=O) groups excluding carboxylic acids is 2. The molecule has 3 aromatic heterocycles. The number of halogens is 1. The molecular formula is C29H21FN4O3S2. The zero-order chi connectivity index (χ0) is 27.1. The van der Waals surface area contributed by atoms with E-state index in [1.807, 2.05) is 31.2 Å². The number of thiophene rings is 1. The zero-order valence-electron chi connectivity index (χ0n) is 20.9. The molecule has 1 N–H and O–H groups in total. The molecule has 0 aliphatic heterocycles. The third-order valence-corrected chi connectivity index (χ3v) is 8.27. The van der Waals surface area contributed by atoms with Gasteiger partial charge in [0.15, 0.2) is 6.61 Å². The highest BCUT2D eigenvalue weighted by Crippen LogP contribution is 2.32. The first-order chi connectivity index (χ1) is 18.8. The number of esters is 1. The number of thiazole rings is 1. The van der Waals surface area contributed by atoms with Gasteiger partial charge in [-0.25, -0.2) is 18.9 Å². The summed E-state index contributed by atoms with van der Waals surface area (Å²) in [6.45, 7) is 3.47. The minimum atomic E-state index is -0.599. The number of hydrogen-bond acceptors (Lipinski definition) is 7. The van der Waals surface area contributed by atoms with Gasteiger partial charge < -0.3 is 10.1 Å². The third-order valence-electron chi connectivity index (χ3n) is 6.11. The molecule has 0 bridgehead atoms. The molecule has 0 fully saturated rings. The molecule has 6 aromatic rings. The van der Waals surface area contributed by atoms with Crippen LogP contribution in [0.1, 0.15) is 20.9 Å². The van der Waals surface area contributed by atoms with Crippen molar-refractivity contribution in [3.63, 3.8) is 0 Å². The quantitative estimate of drug-likeness (QED) is 0.225. The number of fused-ring (bicyclic) bond motifs is 2. The van der Waals surface area contributed by atoms with E-state index in [4.69, 9.17) is 4.74 Å². The van der Waals surface area contributed by atoms with Crippen molar-refractivity contribution in [3.8, 4) is 16.3 Å². The van der Waals surface area contributed by atoms with Crippen LogP contribution in [-0.2, 0) is 9.53 Å². The maximum absolute atomic E-state index is 13.3. The summed E-state index contributed by atoms with van der Waals surface area (Å²) in [5.41, 5.74) is 5.11. The lowest BCUT2D eigenvalue weighted by molar-refractivity contribution is -0.119. The van der Waals surface area contributed by atoms with Crippen LogP contribution in [0, 0.1) is 19.7 Å². The van der Waals surface area contributed by atoms with Crippen LogP contribution in [0.5, 0.6) is 0 Å². The molecule has 194 valence electrons. The Hall–Kier alpha value is -4.41. The lowest BCUT2D eigenvalue weighted by Crippen LogP contribution is -2.20. The fourth-order valence-corrected chi connectivity index (χ4v) is 6.30. The predicted octanol–water partition coefficient (Wildman–Crippen LogP) is 6.92. The van der Waals surface area contributed by atoms with E-state index in [0.717, 1.165) is 36.7 Å². The largest absolute Gasteiger partial charge is 0.451 e. The molecule has 3 heterocycles. The molecular weight excluding hydrogens is 535 g/mol. The van der Waals surface area contributed by atoms with Gasteiger partial charge in [-0.15, -0.1) is 22.7 Å². The van der Waals surface area contributed by atoms with Crippen molar-refractivity contribution < 1.29 is 18.7 Å². The fraction of sp³-hybridized carbons (Fsp3) is 0.103. The number of nitrogens with one attached hydrogen (secondary N) is 1. The minimum absolute atomic E-state index is 0.341. The highest BCUT2D eigenvalue weighted by atomic mass is 32.1. The highest BCUT2D eigenvalue weighted by molar-refractivity contribution is 7.21. The van der Waals surface area contributed by atoms with Crippen molar-refractivity contribution in [1.29, 1.82) is 0 Å². The van der Waals surface area contributed by atoms with Crippen LogP contribution in [0.3, 0.4) is 0 Å². The van der Waals surface area contributed by atoms with Crippen molar-refractivity contribution in [2.75, 3.05) is 11.9 Å². The molecule has 0 radical (unpaired) electrons. The molecule has 7 nitrogen and oxygen atoms in total. The number of aromatic nitrogens is 3. The van der Waals surface area contributed by atoms with Crippen LogP contribution < -0.4 is 5.32 Å². The number of aryl methyl sites for hydroxylation is 2. The van der Waals surface area contributed by atoms with Gasteiger partial charge in [0, 0.05) is 16.6 Å². The molecule has 6 rings (SSSR count). The number of anilines is 1. The van der Waals surface area contributed by atoms with Crippen LogP contribution in [0.15, 0.2) is 72.8 Å². The van der Waals surface area contributed by atoms with Crippen LogP contribution in [0.4, 0.5) is 10.1 Å². The summed E-state index contributed by atoms with van der Waals surface area (Å²) < 4.78 is 21.4. The highest BCUT2D eigenvalue weighted by Gasteiger charge is 2.19. The van der Waals surface area contributed by atoms with Gasteiger partial charge in [-0.05, 0) is 86.1 Å². The number of hydrogen-bond donors (Lipinski definition) is 1. The van der Waals surface area contributed by atoms with E-state index in [9.17, 15) is 14.0 Å². The molecule has 0 unspecified atom stereocenters. The van der Waals surface area contributed by atoms with Crippen LogP contribution in [-0.4, -0.2) is 33.2 Å². The summed E-state index contributed by atoms with van der Waals surface area (Å²) >= 11 is 2.83. The second-order valence-corrected chi connectivity index (χ2v) is 11.1. The number of amides is 1. The third kappa shape index (κ3) is 5.04. The Balaban J connectivity index is 1.09. The minimum Gasteiger partial charge on any atom is -0.451 e. The normalized spacial score (nSPS) is 11.3. The Kier molecular flexibility index (Phi) is 6.41. The van der Waals surface area contributed by atoms with E-state index in [1.165, 1.54) is 29.0 Å². The zero-order valence-corrected chi connectivity index (χ0v) is 22.5. The topological polar surface area (TPSA) is 86.1 Å². The molecule has 0 aliphatic rings. The number of ether oxygens (including phenoxy) is 1. The molecule has 39 heavy (non-hydrogen) atoms. The van der Waals surface area contributed by atoms with Crippen LogP contribution in [0.2, 0.25) is 0 Å². The summed E-state index contributed by atoms with van der Waals surface area (Å²) in [4.78, 5) is 30.9. The maximum atomic E-state index is 13.3. The second-order valence-electron chi connectivity index (χ2n) is 8.99. The van der Waals surface area contributed by atoms with Crippen LogP contribution in [0.25, 0.3) is 36.7 Å². The standard InChI is InChI=1S/C29H21FN4O3S2/c1-16-3-12-23-24(13-16)38-27(32-23)18-4-8-20(9-5-18)31-26(35)15-37-29(36)25-14-22-17(2)33-34(28(22)39-25)21-10-6-19(30)7-11-21/h3-14H,15H2,1-2H3,(H,31,35). The van der Waals surface area contributed by atoms with E-state index >= 15 is 0 Å². The number of nitrogens with zero attached hydrogens (tertiary/aromatic N) is 3. The number of rotatable bonds is 6. The smallest absolute Gasteiger partial charge is 0.348 e. The Labute approximate surface area is 230 Å². The SMILES string of the molecule is Cc1ccc2nc(-c3ccc(NC(=O)COC(=O)c4cc5c(C)nn(-c6ccc(F)cc6)c5s4)cc3)sc2c1. The van der Waals surface area contributed by atoms with Gasteiger partial charge in [-0.3, -0.25) is 4.79 Å². The first-order valence-electron chi connectivity index (χ1n) is 12.0. The number of carbonyl (C=O) groups is 2. The summed E-state index contributed by atoms with van der Waals surface area (Å²) in [5.74, 6) is -1.38. The van der Waals surface area contributed by atoms with E-state index in [0.29, 0.717) is 16.3 Å². The average molecular weight is 557 g/mol. The maximum Gasteiger partial charge on any atom is 0.348 e. The second kappa shape index (κ2) is 10.0. The molecule has 0 aliphatic carbocycles. The first-order valence-corrected chi connectivity index (χ1v) is 13.7. The Morgan fingerprint density at radius 3 is 2.51 bits per heavy atom. The van der Waals surface area contributed by atoms with Gasteiger partial charge in [0.1, 0.15) is 20.5 Å². The van der Waals surface area contributed by atoms with E-state index < -0.39 is 18.5 Å². The van der Waals surface area contributed by atoms with Gasteiger partial charge in [0.2, 0.25) is 0 Å². The lowest BCUT2D eigenvalue weighted by atomic mass is 10.2. The Bertz CT molecular complexity index is 1850. The van der Waals surface area contributed by atoms with Crippen molar-refractivity contribution in [2.24, 2.45) is 0 Å². The molecule has 0 saturated carbocycles. The van der Waals surface area contributed by atoms with Gasteiger partial charge in [0.05, 0.1) is 21.6 Å². The van der Waals surface area contributed by atoms with Gasteiger partial charge in [-0.2, -0.15) is 5.10 Å². The van der Waals surface area contributed by atoms with Crippen molar-refractivity contribution >= 4 is 60.7 Å². The number of benzene rings is 3. The van der Waals surface area contributed by atoms with Gasteiger partial charge in [-0.1, -0.05) is 6.07 Å². The molecule has 0 atom stereocenters. The lowest BCUT2D eigenvalue weighted by Gasteiger charge is -2.06. The molecule has 0 saturated heterocycles. The average Bonchev–Trinajstić information content (AvgIpc) is 3.63. The van der Waals surface area contributed by atoms with Crippen molar-refractivity contribution in [3.05, 3.63) is 94.7 Å². The monoisotopic (exact) mass is 556 g/mol. The summed E-state index contributed by atoms with van der Waals surface area (Å²) in [5, 5.41) is 8.95. The van der Waals surface area contributed by atoms with Gasteiger partial charge in [0.25, 0.3) is 5.91 Å². The Morgan fingerprint density at radius 2 is 1.74 bits per heavy atom. The summed E-state index contributed by atoms with van der Waals surface area (Å²) in [6, 6.07) is 21.2. The summed E-state index contributed by atoms with van der Waals surface area (Å²) in [6.07, 6.45) is 0. The van der Waals surface area contributed by atoms with Crippen LogP contribution >= 0.6 is 22.7 Å². The fourth-order valence-electron chi connectivity index (χ4n) is 4.16. The molecule has 0 spiro atoms. The van der Waals surface area contributed by atoms with E-state index in [2.05, 4.69) is 28.4 Å². The molecule has 3 aromatic carbocycles. The molecule has 1 amide bonds. The first kappa shape index (κ1) is 24.9. The van der Waals surface area contributed by atoms with Gasteiger partial charge >= 0.3 is 5.97 Å². The Morgan fingerprint density at radius 1 is 0.974 bits per heavy atom.